The maximum absolute atomic E-state index is 12.5. The molecule has 1 amide bonds. The van der Waals surface area contributed by atoms with Crippen molar-refractivity contribution in [1.29, 1.82) is 0 Å². The summed E-state index contributed by atoms with van der Waals surface area (Å²) >= 11 is 7.46. The first-order chi connectivity index (χ1) is 11.5. The van der Waals surface area contributed by atoms with E-state index in [2.05, 4.69) is 27.3 Å². The molecule has 2 heterocycles. The first-order valence-corrected chi connectivity index (χ1v) is 9.46. The molecule has 0 spiro atoms. The molecule has 128 valence electrons. The molecule has 1 N–H and O–H groups in total. The lowest BCUT2D eigenvalue weighted by Gasteiger charge is -2.28. The molecule has 1 atom stereocenters. The van der Waals surface area contributed by atoms with Gasteiger partial charge < -0.3 is 5.32 Å². The Kier molecular flexibility index (Phi) is 5.54. The number of benzene rings is 1. The SMILES string of the molecule is Cc1nc(C)c(C(=O)NC[C@H](c2ccc(Cl)cc2)N2CCCC2)s1. The number of amides is 1. The van der Waals surface area contributed by atoms with Crippen LogP contribution in [0, 0.1) is 13.8 Å². The highest BCUT2D eigenvalue weighted by atomic mass is 35.5. The van der Waals surface area contributed by atoms with Crippen LogP contribution in [0.3, 0.4) is 0 Å². The van der Waals surface area contributed by atoms with E-state index in [-0.39, 0.29) is 11.9 Å². The molecule has 24 heavy (non-hydrogen) atoms. The van der Waals surface area contributed by atoms with E-state index >= 15 is 0 Å². The summed E-state index contributed by atoms with van der Waals surface area (Å²) in [6.07, 6.45) is 2.43. The molecule has 0 unspecified atom stereocenters. The van der Waals surface area contributed by atoms with Gasteiger partial charge in [0.05, 0.1) is 16.7 Å². The van der Waals surface area contributed by atoms with E-state index in [4.69, 9.17) is 11.6 Å². The minimum absolute atomic E-state index is 0.0312. The van der Waals surface area contributed by atoms with Crippen molar-refractivity contribution in [2.45, 2.75) is 32.7 Å². The third-order valence-electron chi connectivity index (χ3n) is 4.40. The van der Waals surface area contributed by atoms with Crippen molar-refractivity contribution in [3.63, 3.8) is 0 Å². The van der Waals surface area contributed by atoms with E-state index in [0.717, 1.165) is 28.8 Å². The standard InChI is InChI=1S/C18H22ClN3OS/c1-12-17(24-13(2)21-12)18(23)20-11-16(22-9-3-4-10-22)14-5-7-15(19)8-6-14/h5-8,16H,3-4,9-11H2,1-2H3,(H,20,23)/t16-/m1/s1. The molecule has 1 aromatic carbocycles. The average molecular weight is 364 g/mol. The Morgan fingerprint density at radius 2 is 1.96 bits per heavy atom. The molecule has 1 aliphatic heterocycles. The van der Waals surface area contributed by atoms with Crippen LogP contribution < -0.4 is 5.32 Å². The van der Waals surface area contributed by atoms with Crippen LogP contribution in [-0.4, -0.2) is 35.4 Å². The molecule has 0 bridgehead atoms. The predicted molar refractivity (Wildman–Crippen MR) is 98.9 cm³/mol. The number of aromatic nitrogens is 1. The number of nitrogens with one attached hydrogen (secondary N) is 1. The van der Waals surface area contributed by atoms with Gasteiger partial charge in [0, 0.05) is 11.6 Å². The predicted octanol–water partition coefficient (Wildman–Crippen LogP) is 3.98. The monoisotopic (exact) mass is 363 g/mol. The molecule has 1 fully saturated rings. The topological polar surface area (TPSA) is 45.2 Å². The smallest absolute Gasteiger partial charge is 0.263 e. The van der Waals surface area contributed by atoms with Gasteiger partial charge in [-0.05, 0) is 57.5 Å². The molecule has 2 aromatic rings. The number of hydrogen-bond acceptors (Lipinski definition) is 4. The summed E-state index contributed by atoms with van der Waals surface area (Å²) in [5.41, 5.74) is 2.00. The van der Waals surface area contributed by atoms with Crippen LogP contribution in [0.4, 0.5) is 0 Å². The van der Waals surface area contributed by atoms with Gasteiger partial charge in [-0.3, -0.25) is 9.69 Å². The Morgan fingerprint density at radius 3 is 2.54 bits per heavy atom. The van der Waals surface area contributed by atoms with E-state index in [0.29, 0.717) is 11.4 Å². The van der Waals surface area contributed by atoms with Crippen LogP contribution in [0.25, 0.3) is 0 Å². The molecule has 4 nitrogen and oxygen atoms in total. The number of carbonyl (C=O) groups is 1. The second kappa shape index (κ2) is 7.64. The molecule has 0 saturated carbocycles. The Hall–Kier alpha value is -1.43. The summed E-state index contributed by atoms with van der Waals surface area (Å²) in [5, 5.41) is 4.76. The molecule has 3 rings (SSSR count). The largest absolute Gasteiger partial charge is 0.349 e. The average Bonchev–Trinajstić information content (AvgIpc) is 3.19. The summed E-state index contributed by atoms with van der Waals surface area (Å²) in [7, 11) is 0. The molecule has 1 aliphatic rings. The minimum Gasteiger partial charge on any atom is -0.349 e. The molecular weight excluding hydrogens is 342 g/mol. The fourth-order valence-corrected chi connectivity index (χ4v) is 4.17. The maximum Gasteiger partial charge on any atom is 0.263 e. The summed E-state index contributed by atoms with van der Waals surface area (Å²) in [6, 6.07) is 8.12. The van der Waals surface area contributed by atoms with Crippen LogP contribution in [-0.2, 0) is 0 Å². The number of rotatable bonds is 5. The second-order valence-corrected chi connectivity index (χ2v) is 7.81. The third-order valence-corrected chi connectivity index (χ3v) is 5.73. The van der Waals surface area contributed by atoms with Crippen molar-refractivity contribution in [3.05, 3.63) is 50.4 Å². The van der Waals surface area contributed by atoms with Gasteiger partial charge in [-0.15, -0.1) is 11.3 Å². The van der Waals surface area contributed by atoms with Crippen molar-refractivity contribution in [1.82, 2.24) is 15.2 Å². The van der Waals surface area contributed by atoms with Gasteiger partial charge in [-0.25, -0.2) is 4.98 Å². The number of likely N-dealkylation sites (tertiary alicyclic amines) is 1. The minimum atomic E-state index is -0.0312. The molecule has 0 radical (unpaired) electrons. The van der Waals surface area contributed by atoms with Crippen molar-refractivity contribution in [2.75, 3.05) is 19.6 Å². The first-order valence-electron chi connectivity index (χ1n) is 8.26. The third kappa shape index (κ3) is 3.97. The van der Waals surface area contributed by atoms with Crippen LogP contribution in [0.15, 0.2) is 24.3 Å². The lowest BCUT2D eigenvalue weighted by molar-refractivity contribution is 0.0941. The second-order valence-electron chi connectivity index (χ2n) is 6.17. The van der Waals surface area contributed by atoms with Gasteiger partial charge in [0.1, 0.15) is 4.88 Å². The molecule has 1 aromatic heterocycles. The van der Waals surface area contributed by atoms with Gasteiger partial charge in [-0.2, -0.15) is 0 Å². The van der Waals surface area contributed by atoms with Crippen molar-refractivity contribution in [2.24, 2.45) is 0 Å². The molecule has 0 aliphatic carbocycles. The van der Waals surface area contributed by atoms with Crippen molar-refractivity contribution >= 4 is 28.8 Å². The summed E-state index contributed by atoms with van der Waals surface area (Å²) in [6.45, 7) is 6.55. The van der Waals surface area contributed by atoms with Crippen molar-refractivity contribution < 1.29 is 4.79 Å². The van der Waals surface area contributed by atoms with E-state index in [1.54, 1.807) is 0 Å². The zero-order valence-corrected chi connectivity index (χ0v) is 15.6. The van der Waals surface area contributed by atoms with Crippen LogP contribution >= 0.6 is 22.9 Å². The van der Waals surface area contributed by atoms with Gasteiger partial charge in [0.15, 0.2) is 0 Å². The Labute approximate surface area is 151 Å². The number of nitrogens with zero attached hydrogens (tertiary/aromatic N) is 2. The normalized spacial score (nSPS) is 16.3. The summed E-state index contributed by atoms with van der Waals surface area (Å²) < 4.78 is 0. The Bertz CT molecular complexity index is 708. The summed E-state index contributed by atoms with van der Waals surface area (Å²) in [5.74, 6) is -0.0312. The van der Waals surface area contributed by atoms with Gasteiger partial charge in [0.2, 0.25) is 0 Å². The van der Waals surface area contributed by atoms with Gasteiger partial charge >= 0.3 is 0 Å². The zero-order valence-electron chi connectivity index (χ0n) is 14.0. The fourth-order valence-electron chi connectivity index (χ4n) is 3.21. The number of hydrogen-bond donors (Lipinski definition) is 1. The fraction of sp³-hybridized carbons (Fsp3) is 0.444. The highest BCUT2D eigenvalue weighted by Gasteiger charge is 2.24. The van der Waals surface area contributed by atoms with E-state index in [9.17, 15) is 4.79 Å². The maximum atomic E-state index is 12.5. The van der Waals surface area contributed by atoms with E-state index < -0.39 is 0 Å². The molecule has 6 heteroatoms. The lowest BCUT2D eigenvalue weighted by atomic mass is 10.1. The Morgan fingerprint density at radius 1 is 1.29 bits per heavy atom. The number of thiazole rings is 1. The quantitative estimate of drug-likeness (QED) is 0.873. The van der Waals surface area contributed by atoms with Crippen LogP contribution in [0.5, 0.6) is 0 Å². The zero-order chi connectivity index (χ0) is 17.1. The van der Waals surface area contributed by atoms with Crippen LogP contribution in [0.1, 0.15) is 44.8 Å². The summed E-state index contributed by atoms with van der Waals surface area (Å²) in [4.78, 5) is 20.0. The number of aryl methyl sites for hydroxylation is 2. The highest BCUT2D eigenvalue weighted by Crippen LogP contribution is 2.26. The van der Waals surface area contributed by atoms with Crippen LogP contribution in [0.2, 0.25) is 5.02 Å². The Balaban J connectivity index is 1.73. The molecular formula is C18H22ClN3OS. The first kappa shape index (κ1) is 17.4. The highest BCUT2D eigenvalue weighted by molar-refractivity contribution is 7.13. The van der Waals surface area contributed by atoms with Gasteiger partial charge in [0.25, 0.3) is 5.91 Å². The van der Waals surface area contributed by atoms with Crippen molar-refractivity contribution in [3.8, 4) is 0 Å². The lowest BCUT2D eigenvalue weighted by Crippen LogP contribution is -2.36. The van der Waals surface area contributed by atoms with E-state index in [1.165, 1.54) is 29.7 Å². The van der Waals surface area contributed by atoms with E-state index in [1.807, 2.05) is 26.0 Å². The number of carbonyl (C=O) groups excluding carboxylic acids is 1. The number of halogens is 1. The van der Waals surface area contributed by atoms with Gasteiger partial charge in [-0.1, -0.05) is 23.7 Å². The molecule has 1 saturated heterocycles.